The molecule has 4 aromatic carbocycles. The molecule has 158 valence electrons. The highest BCUT2D eigenvalue weighted by Gasteiger charge is 2.28. The minimum atomic E-state index is -2.67. The van der Waals surface area contributed by atoms with Crippen LogP contribution in [-0.4, -0.2) is 11.1 Å². The fourth-order valence-electron chi connectivity index (χ4n) is 3.63. The first-order valence-corrected chi connectivity index (χ1v) is 11.8. The number of hydrogen-bond donors (Lipinski definition) is 1. The Bertz CT molecular complexity index is 1200. The molecule has 1 N–H and O–H groups in total. The number of nitrogens with zero attached hydrogens (tertiary/aromatic N) is 1. The Kier molecular flexibility index (Phi) is 6.44. The van der Waals surface area contributed by atoms with Crippen LogP contribution < -0.4 is 15.9 Å². The molecule has 0 aliphatic heterocycles. The fourth-order valence-corrected chi connectivity index (χ4v) is 7.20. The van der Waals surface area contributed by atoms with Crippen molar-refractivity contribution in [2.24, 2.45) is 4.74 Å². The van der Waals surface area contributed by atoms with Crippen LogP contribution in [0.15, 0.2) is 120 Å². The lowest BCUT2D eigenvalue weighted by Crippen LogP contribution is -2.25. The number of halogens is 1. The second-order valence-electron chi connectivity index (χ2n) is 7.09. The van der Waals surface area contributed by atoms with E-state index in [-0.39, 0.29) is 5.69 Å². The molecule has 0 aliphatic carbocycles. The number of carboxylic acid groups (broad SMARTS) is 1. The molecule has 0 bridgehead atoms. The van der Waals surface area contributed by atoms with E-state index >= 15 is 4.39 Å². The number of carboxylic acids is 1. The van der Waals surface area contributed by atoms with Crippen molar-refractivity contribution < 1.29 is 14.3 Å². The molecule has 32 heavy (non-hydrogen) atoms. The number of benzene rings is 4. The number of carbonyl (C=O) groups is 1. The van der Waals surface area contributed by atoms with Gasteiger partial charge in [0, 0.05) is 27.6 Å². The molecule has 0 amide bonds. The summed E-state index contributed by atoms with van der Waals surface area (Å²) in [6.07, 6.45) is 2.39. The van der Waals surface area contributed by atoms with Crippen molar-refractivity contribution in [2.75, 3.05) is 0 Å². The van der Waals surface area contributed by atoms with Crippen molar-refractivity contribution in [1.29, 1.82) is 0 Å². The minimum Gasteiger partial charge on any atom is -0.478 e. The molecule has 0 saturated heterocycles. The molecule has 3 nitrogen and oxygen atoms in total. The van der Waals surface area contributed by atoms with Gasteiger partial charge < -0.3 is 5.11 Å². The Balaban J connectivity index is 2.15. The summed E-state index contributed by atoms with van der Waals surface area (Å²) < 4.78 is 20.4. The molecule has 0 heterocycles. The summed E-state index contributed by atoms with van der Waals surface area (Å²) in [7, 11) is -2.67. The van der Waals surface area contributed by atoms with Crippen LogP contribution in [0, 0.1) is 5.82 Å². The van der Waals surface area contributed by atoms with Crippen LogP contribution >= 0.6 is 7.05 Å². The Morgan fingerprint density at radius 1 is 0.719 bits per heavy atom. The van der Waals surface area contributed by atoms with Gasteiger partial charge in [-0.1, -0.05) is 103 Å². The van der Waals surface area contributed by atoms with Gasteiger partial charge in [-0.15, -0.1) is 0 Å². The van der Waals surface area contributed by atoms with Crippen molar-refractivity contribution in [3.05, 3.63) is 127 Å². The van der Waals surface area contributed by atoms with E-state index in [0.717, 1.165) is 22.0 Å². The summed E-state index contributed by atoms with van der Waals surface area (Å²) in [4.78, 5) is 11.1. The van der Waals surface area contributed by atoms with Crippen molar-refractivity contribution in [1.82, 2.24) is 0 Å². The summed E-state index contributed by atoms with van der Waals surface area (Å²) in [5, 5.41) is 12.0. The summed E-state index contributed by atoms with van der Waals surface area (Å²) in [6.45, 7) is 0. The van der Waals surface area contributed by atoms with Crippen LogP contribution in [0.25, 0.3) is 6.08 Å². The fraction of sp³-hybridized carbons (Fsp3) is 0. The van der Waals surface area contributed by atoms with E-state index in [0.29, 0.717) is 5.56 Å². The van der Waals surface area contributed by atoms with Crippen LogP contribution in [0.1, 0.15) is 5.56 Å². The first kappa shape index (κ1) is 21.5. The van der Waals surface area contributed by atoms with Gasteiger partial charge in [0.25, 0.3) is 0 Å². The molecule has 0 aromatic heterocycles. The Labute approximate surface area is 186 Å². The zero-order valence-corrected chi connectivity index (χ0v) is 18.1. The van der Waals surface area contributed by atoms with Gasteiger partial charge in [-0.05, 0) is 12.1 Å². The normalized spacial score (nSPS) is 11.4. The molecule has 5 heteroatoms. The van der Waals surface area contributed by atoms with E-state index < -0.39 is 18.8 Å². The topological polar surface area (TPSA) is 49.7 Å². The van der Waals surface area contributed by atoms with Crippen LogP contribution in [-0.2, 0) is 4.79 Å². The minimum absolute atomic E-state index is 0.148. The first-order chi connectivity index (χ1) is 15.6. The van der Waals surface area contributed by atoms with Gasteiger partial charge in [0.2, 0.25) is 0 Å². The highest BCUT2D eigenvalue weighted by atomic mass is 31.2. The molecular weight excluding hydrogens is 420 g/mol. The van der Waals surface area contributed by atoms with E-state index in [1.807, 2.05) is 91.0 Å². The third kappa shape index (κ3) is 4.32. The van der Waals surface area contributed by atoms with Gasteiger partial charge in [0.1, 0.15) is 11.5 Å². The maximum atomic E-state index is 15.2. The molecule has 0 atom stereocenters. The van der Waals surface area contributed by atoms with Gasteiger partial charge in [-0.25, -0.2) is 9.18 Å². The predicted molar refractivity (Wildman–Crippen MR) is 130 cm³/mol. The summed E-state index contributed by atoms with van der Waals surface area (Å²) >= 11 is 0. The quantitative estimate of drug-likeness (QED) is 0.307. The van der Waals surface area contributed by atoms with Crippen molar-refractivity contribution >= 4 is 40.7 Å². The van der Waals surface area contributed by atoms with Crippen molar-refractivity contribution in [2.45, 2.75) is 0 Å². The zero-order chi connectivity index (χ0) is 22.4. The summed E-state index contributed by atoms with van der Waals surface area (Å²) in [5.74, 6) is -1.60. The van der Waals surface area contributed by atoms with Crippen LogP contribution in [0.3, 0.4) is 0 Å². The molecule has 0 saturated carbocycles. The standard InChI is InChI=1S/C27H21FNO2P/c28-25-18-10-11-21(19-20-26(30)31)27(25)29-32(22-12-4-1-5-13-22,23-14-6-2-7-15-23)24-16-8-3-9-17-24/h1-20H,(H,30,31)/b20-19+. The highest BCUT2D eigenvalue weighted by Crippen LogP contribution is 2.50. The van der Waals surface area contributed by atoms with Gasteiger partial charge >= 0.3 is 5.97 Å². The smallest absolute Gasteiger partial charge is 0.328 e. The SMILES string of the molecule is O=C(O)/C=C/c1cccc(F)c1N=P(c1ccccc1)(c1ccccc1)c1ccccc1. The van der Waals surface area contributed by atoms with E-state index in [4.69, 9.17) is 9.85 Å². The molecule has 0 radical (unpaired) electrons. The lowest BCUT2D eigenvalue weighted by atomic mass is 10.1. The maximum Gasteiger partial charge on any atom is 0.328 e. The highest BCUT2D eigenvalue weighted by molar-refractivity contribution is 7.87. The average molecular weight is 441 g/mol. The maximum absolute atomic E-state index is 15.2. The van der Waals surface area contributed by atoms with Gasteiger partial charge in [-0.2, -0.15) is 0 Å². The molecule has 0 aliphatic rings. The Morgan fingerprint density at radius 3 is 1.62 bits per heavy atom. The third-order valence-electron chi connectivity index (χ3n) is 5.06. The number of aliphatic carboxylic acids is 1. The lowest BCUT2D eigenvalue weighted by Gasteiger charge is -2.27. The van der Waals surface area contributed by atoms with Crippen LogP contribution in [0.4, 0.5) is 10.1 Å². The largest absolute Gasteiger partial charge is 0.478 e. The number of rotatable bonds is 6. The zero-order valence-electron chi connectivity index (χ0n) is 17.2. The molecule has 0 unspecified atom stereocenters. The van der Waals surface area contributed by atoms with Crippen molar-refractivity contribution in [3.63, 3.8) is 0 Å². The van der Waals surface area contributed by atoms with Gasteiger partial charge in [0.05, 0.1) is 7.05 Å². The lowest BCUT2D eigenvalue weighted by molar-refractivity contribution is -0.131. The monoisotopic (exact) mass is 441 g/mol. The van der Waals surface area contributed by atoms with Crippen LogP contribution in [0.5, 0.6) is 0 Å². The third-order valence-corrected chi connectivity index (χ3v) is 8.70. The van der Waals surface area contributed by atoms with Crippen LogP contribution in [0.2, 0.25) is 0 Å². The van der Waals surface area contributed by atoms with E-state index in [1.165, 1.54) is 12.1 Å². The van der Waals surface area contributed by atoms with E-state index in [1.54, 1.807) is 12.1 Å². The molecular formula is C27H21FNO2P. The van der Waals surface area contributed by atoms with Gasteiger partial charge in [-0.3, -0.25) is 4.74 Å². The summed E-state index contributed by atoms with van der Waals surface area (Å²) in [5.41, 5.74) is 0.564. The van der Waals surface area contributed by atoms with Crippen molar-refractivity contribution in [3.8, 4) is 0 Å². The summed E-state index contributed by atoms with van der Waals surface area (Å²) in [6, 6.07) is 34.3. The molecule has 0 fully saturated rings. The first-order valence-electron chi connectivity index (χ1n) is 10.1. The number of hydrogen-bond acceptors (Lipinski definition) is 2. The average Bonchev–Trinajstić information content (AvgIpc) is 2.84. The van der Waals surface area contributed by atoms with E-state index in [2.05, 4.69) is 0 Å². The van der Waals surface area contributed by atoms with E-state index in [9.17, 15) is 4.79 Å². The second kappa shape index (κ2) is 9.59. The Morgan fingerprint density at radius 2 is 1.19 bits per heavy atom. The predicted octanol–water partition coefficient (Wildman–Crippen LogP) is 5.73. The van der Waals surface area contributed by atoms with Gasteiger partial charge in [0.15, 0.2) is 0 Å². The molecule has 4 aromatic rings. The molecule has 0 spiro atoms. The second-order valence-corrected chi connectivity index (χ2v) is 10.1. The molecule has 4 rings (SSSR count). The Hall–Kier alpha value is -3.75.